The zero-order valence-corrected chi connectivity index (χ0v) is 16.8. The van der Waals surface area contributed by atoms with Crippen molar-refractivity contribution in [2.75, 3.05) is 0 Å². The van der Waals surface area contributed by atoms with Crippen molar-refractivity contribution in [3.05, 3.63) is 53.1 Å². The van der Waals surface area contributed by atoms with Crippen LogP contribution in [0, 0.1) is 13.8 Å². The zero-order chi connectivity index (χ0) is 18.3. The van der Waals surface area contributed by atoms with Gasteiger partial charge in [-0.3, -0.25) is 4.98 Å². The van der Waals surface area contributed by atoms with E-state index in [4.69, 9.17) is 12.2 Å². The van der Waals surface area contributed by atoms with Gasteiger partial charge in [-0.05, 0) is 77.5 Å². The fourth-order valence-corrected chi connectivity index (χ4v) is 4.60. The van der Waals surface area contributed by atoms with Crippen LogP contribution in [0.15, 0.2) is 30.5 Å². The van der Waals surface area contributed by atoms with E-state index in [-0.39, 0.29) is 12.1 Å². The zero-order valence-electron chi connectivity index (χ0n) is 15.9. The molecule has 1 saturated heterocycles. The SMILES string of the molecule is Cc1cc(C2C(c3ccccn3)NC(=S)N2C(C)C)c(C)n1C(C)C. The molecule has 0 aliphatic carbocycles. The lowest BCUT2D eigenvalue weighted by Crippen LogP contribution is -2.35. The molecule has 25 heavy (non-hydrogen) atoms. The maximum Gasteiger partial charge on any atom is 0.170 e. The number of aromatic nitrogens is 2. The molecule has 134 valence electrons. The maximum absolute atomic E-state index is 5.69. The number of nitrogens with zero attached hydrogens (tertiary/aromatic N) is 3. The van der Waals surface area contributed by atoms with E-state index in [0.29, 0.717) is 12.1 Å². The van der Waals surface area contributed by atoms with Gasteiger partial charge < -0.3 is 14.8 Å². The molecular weight excluding hydrogens is 328 g/mol. The number of aryl methyl sites for hydroxylation is 1. The lowest BCUT2D eigenvalue weighted by atomic mass is 9.96. The summed E-state index contributed by atoms with van der Waals surface area (Å²) in [5, 5.41) is 4.33. The predicted molar refractivity (Wildman–Crippen MR) is 107 cm³/mol. The van der Waals surface area contributed by atoms with Crippen molar-refractivity contribution < 1.29 is 0 Å². The van der Waals surface area contributed by atoms with Crippen LogP contribution in [0.5, 0.6) is 0 Å². The smallest absolute Gasteiger partial charge is 0.170 e. The molecule has 1 aliphatic heterocycles. The molecule has 0 spiro atoms. The van der Waals surface area contributed by atoms with Crippen LogP contribution in [0.3, 0.4) is 0 Å². The van der Waals surface area contributed by atoms with Crippen molar-refractivity contribution in [1.82, 2.24) is 19.8 Å². The molecule has 0 bridgehead atoms. The Bertz CT molecular complexity index is 764. The quantitative estimate of drug-likeness (QED) is 0.820. The average Bonchev–Trinajstić information content (AvgIpc) is 3.04. The number of rotatable bonds is 4. The molecule has 3 rings (SSSR count). The Morgan fingerprint density at radius 3 is 2.36 bits per heavy atom. The number of hydrogen-bond acceptors (Lipinski definition) is 2. The Kier molecular flexibility index (Phi) is 4.87. The van der Waals surface area contributed by atoms with Crippen LogP contribution >= 0.6 is 12.2 Å². The van der Waals surface area contributed by atoms with Gasteiger partial charge >= 0.3 is 0 Å². The first-order valence-electron chi connectivity index (χ1n) is 9.01. The van der Waals surface area contributed by atoms with E-state index in [1.165, 1.54) is 17.0 Å². The molecule has 0 radical (unpaired) electrons. The van der Waals surface area contributed by atoms with Gasteiger partial charge in [0.2, 0.25) is 0 Å². The van der Waals surface area contributed by atoms with E-state index in [9.17, 15) is 0 Å². The molecule has 2 aromatic heterocycles. The van der Waals surface area contributed by atoms with Crippen LogP contribution in [0.1, 0.15) is 68.5 Å². The molecule has 5 heteroatoms. The van der Waals surface area contributed by atoms with Crippen molar-refractivity contribution in [2.45, 2.75) is 65.7 Å². The first-order valence-corrected chi connectivity index (χ1v) is 9.41. The molecule has 2 aromatic rings. The summed E-state index contributed by atoms with van der Waals surface area (Å²) in [6.45, 7) is 13.3. The Hall–Kier alpha value is -1.88. The fourth-order valence-electron chi connectivity index (χ4n) is 4.15. The largest absolute Gasteiger partial charge is 0.352 e. The Balaban J connectivity index is 2.14. The summed E-state index contributed by atoms with van der Waals surface area (Å²) in [5.74, 6) is 0. The van der Waals surface area contributed by atoms with E-state index >= 15 is 0 Å². The summed E-state index contributed by atoms with van der Waals surface area (Å²) in [6.07, 6.45) is 1.85. The Morgan fingerprint density at radius 2 is 1.84 bits per heavy atom. The molecule has 4 nitrogen and oxygen atoms in total. The van der Waals surface area contributed by atoms with Gasteiger partial charge in [0.1, 0.15) is 0 Å². The lowest BCUT2D eigenvalue weighted by molar-refractivity contribution is 0.268. The molecule has 1 N–H and O–H groups in total. The standard InChI is InChI=1S/C20H28N4S/c1-12(2)23-14(5)11-16(15(23)6)19-18(17-9-7-8-10-21-17)22-20(25)24(19)13(3)4/h7-13,18-19H,1-6H3,(H,22,25). The second kappa shape index (κ2) is 6.79. The normalized spacial score (nSPS) is 20.6. The van der Waals surface area contributed by atoms with Crippen molar-refractivity contribution >= 4 is 17.3 Å². The lowest BCUT2D eigenvalue weighted by Gasteiger charge is -2.31. The summed E-state index contributed by atoms with van der Waals surface area (Å²) in [4.78, 5) is 6.92. The summed E-state index contributed by atoms with van der Waals surface area (Å²) in [6, 6.07) is 9.38. The minimum Gasteiger partial charge on any atom is -0.352 e. The highest BCUT2D eigenvalue weighted by Gasteiger charge is 2.42. The first kappa shape index (κ1) is 17.9. The third kappa shape index (κ3) is 3.06. The highest BCUT2D eigenvalue weighted by Crippen LogP contribution is 2.42. The molecule has 0 amide bonds. The highest BCUT2D eigenvalue weighted by molar-refractivity contribution is 7.80. The number of pyridine rings is 1. The van der Waals surface area contributed by atoms with Gasteiger partial charge in [0.15, 0.2) is 5.11 Å². The van der Waals surface area contributed by atoms with Crippen LogP contribution in [0.2, 0.25) is 0 Å². The van der Waals surface area contributed by atoms with E-state index in [1.54, 1.807) is 0 Å². The topological polar surface area (TPSA) is 33.1 Å². The molecule has 2 atom stereocenters. The summed E-state index contributed by atoms with van der Waals surface area (Å²) < 4.78 is 2.41. The van der Waals surface area contributed by atoms with Gasteiger partial charge in [-0.25, -0.2) is 0 Å². The Morgan fingerprint density at radius 1 is 1.12 bits per heavy atom. The monoisotopic (exact) mass is 356 g/mol. The van der Waals surface area contributed by atoms with Crippen molar-refractivity contribution in [2.24, 2.45) is 0 Å². The van der Waals surface area contributed by atoms with E-state index < -0.39 is 0 Å². The second-order valence-electron chi connectivity index (χ2n) is 7.42. The van der Waals surface area contributed by atoms with Gasteiger partial charge in [0, 0.05) is 29.7 Å². The molecule has 1 aliphatic rings. The minimum absolute atomic E-state index is 0.0669. The highest BCUT2D eigenvalue weighted by atomic mass is 32.1. The molecule has 1 fully saturated rings. The summed E-state index contributed by atoms with van der Waals surface area (Å²) >= 11 is 5.69. The Labute approximate surface area is 156 Å². The van der Waals surface area contributed by atoms with Crippen molar-refractivity contribution in [1.29, 1.82) is 0 Å². The third-order valence-corrected chi connectivity index (χ3v) is 5.38. The van der Waals surface area contributed by atoms with Crippen LogP contribution in [0.25, 0.3) is 0 Å². The van der Waals surface area contributed by atoms with Gasteiger partial charge in [-0.15, -0.1) is 0 Å². The first-order chi connectivity index (χ1) is 11.8. The van der Waals surface area contributed by atoms with Crippen LogP contribution in [-0.4, -0.2) is 25.6 Å². The van der Waals surface area contributed by atoms with E-state index in [1.807, 2.05) is 18.3 Å². The summed E-state index contributed by atoms with van der Waals surface area (Å²) in [5.41, 5.74) is 4.98. The molecule has 3 heterocycles. The number of thiocarbonyl (C=S) groups is 1. The summed E-state index contributed by atoms with van der Waals surface area (Å²) in [7, 11) is 0. The fraction of sp³-hybridized carbons (Fsp3) is 0.500. The number of nitrogens with one attached hydrogen (secondary N) is 1. The van der Waals surface area contributed by atoms with Crippen molar-refractivity contribution in [3.8, 4) is 0 Å². The van der Waals surface area contributed by atoms with E-state index in [0.717, 1.165) is 10.8 Å². The minimum atomic E-state index is 0.0669. The van der Waals surface area contributed by atoms with Gasteiger partial charge in [-0.2, -0.15) is 0 Å². The number of hydrogen-bond donors (Lipinski definition) is 1. The van der Waals surface area contributed by atoms with Crippen LogP contribution in [-0.2, 0) is 0 Å². The maximum atomic E-state index is 5.69. The van der Waals surface area contributed by atoms with E-state index in [2.05, 4.69) is 73.4 Å². The second-order valence-corrected chi connectivity index (χ2v) is 7.80. The van der Waals surface area contributed by atoms with Crippen LogP contribution < -0.4 is 5.32 Å². The molecule has 2 unspecified atom stereocenters. The molecule has 0 aromatic carbocycles. The van der Waals surface area contributed by atoms with Gasteiger partial charge in [0.25, 0.3) is 0 Å². The average molecular weight is 357 g/mol. The third-order valence-electron chi connectivity index (χ3n) is 5.05. The van der Waals surface area contributed by atoms with Crippen LogP contribution in [0.4, 0.5) is 0 Å². The van der Waals surface area contributed by atoms with Crippen molar-refractivity contribution in [3.63, 3.8) is 0 Å². The molecular formula is C20H28N4S. The van der Waals surface area contributed by atoms with Gasteiger partial charge in [0.05, 0.1) is 17.8 Å². The molecule has 0 saturated carbocycles. The van der Waals surface area contributed by atoms with Gasteiger partial charge in [-0.1, -0.05) is 6.07 Å². The predicted octanol–water partition coefficient (Wildman–Crippen LogP) is 4.46.